The number of hydrogen-bond donors (Lipinski definition) is 1. The number of nitrogens with zero attached hydrogens (tertiary/aromatic N) is 3. The molecule has 0 aliphatic heterocycles. The van der Waals surface area contributed by atoms with E-state index in [9.17, 15) is 14.4 Å². The van der Waals surface area contributed by atoms with Crippen molar-refractivity contribution in [3.05, 3.63) is 77.4 Å². The molecule has 0 saturated carbocycles. The molecule has 0 saturated heterocycles. The van der Waals surface area contributed by atoms with Crippen LogP contribution in [-0.4, -0.2) is 20.9 Å². The zero-order valence-corrected chi connectivity index (χ0v) is 12.5. The Morgan fingerprint density at radius 3 is 2.62 bits per heavy atom. The van der Waals surface area contributed by atoms with Crippen molar-refractivity contribution in [2.75, 3.05) is 0 Å². The number of aromatic nitrogens is 2. The number of rotatable bonds is 4. The van der Waals surface area contributed by atoms with E-state index in [0.29, 0.717) is 5.56 Å². The van der Waals surface area contributed by atoms with Gasteiger partial charge in [-0.25, -0.2) is 9.18 Å². The van der Waals surface area contributed by atoms with Crippen LogP contribution in [0.5, 0.6) is 0 Å². The van der Waals surface area contributed by atoms with Crippen LogP contribution in [0, 0.1) is 17.1 Å². The zero-order valence-electron chi connectivity index (χ0n) is 12.5. The average molecular weight is 321 g/mol. The van der Waals surface area contributed by atoms with Crippen LogP contribution in [0.3, 0.4) is 0 Å². The highest BCUT2D eigenvalue weighted by Gasteiger charge is 2.16. The van der Waals surface area contributed by atoms with Gasteiger partial charge in [0.1, 0.15) is 11.9 Å². The topological polar surface area (TPSA) is 78.9 Å². The minimum atomic E-state index is -1.32. The lowest BCUT2D eigenvalue weighted by molar-refractivity contribution is 0.0691. The largest absolute Gasteiger partial charge is 0.478 e. The molecule has 24 heavy (non-hydrogen) atoms. The summed E-state index contributed by atoms with van der Waals surface area (Å²) in [6, 6.07) is 15.5. The highest BCUT2D eigenvalue weighted by atomic mass is 19.1. The quantitative estimate of drug-likeness (QED) is 0.799. The third kappa shape index (κ3) is 2.88. The van der Waals surface area contributed by atoms with E-state index in [0.717, 1.165) is 5.56 Å². The molecule has 0 amide bonds. The predicted molar refractivity (Wildman–Crippen MR) is 84.8 cm³/mol. The number of aromatic carboxylic acids is 1. The molecule has 3 rings (SSSR count). The molecule has 0 aliphatic carbocycles. The number of hydrogen-bond acceptors (Lipinski definition) is 3. The monoisotopic (exact) mass is 321 g/mol. The fraction of sp³-hybridized carbons (Fsp3) is 0.0556. The summed E-state index contributed by atoms with van der Waals surface area (Å²) in [4.78, 5) is 11.0. The van der Waals surface area contributed by atoms with Crippen molar-refractivity contribution in [3.63, 3.8) is 0 Å². The molecule has 2 aromatic carbocycles. The Labute approximate surface area is 137 Å². The molecule has 0 unspecified atom stereocenters. The van der Waals surface area contributed by atoms with Crippen LogP contribution in [0.1, 0.15) is 21.6 Å². The maximum absolute atomic E-state index is 14.2. The van der Waals surface area contributed by atoms with Crippen LogP contribution in [0.4, 0.5) is 4.39 Å². The van der Waals surface area contributed by atoms with Gasteiger partial charge >= 0.3 is 5.97 Å². The Hall–Kier alpha value is -3.46. The lowest BCUT2D eigenvalue weighted by Gasteiger charge is -2.05. The van der Waals surface area contributed by atoms with Crippen LogP contribution >= 0.6 is 0 Å². The van der Waals surface area contributed by atoms with Gasteiger partial charge in [-0.1, -0.05) is 42.5 Å². The van der Waals surface area contributed by atoms with Crippen LogP contribution in [-0.2, 0) is 6.54 Å². The fourth-order valence-corrected chi connectivity index (χ4v) is 2.46. The second-order valence-corrected chi connectivity index (χ2v) is 5.15. The van der Waals surface area contributed by atoms with E-state index in [-0.39, 0.29) is 23.4 Å². The van der Waals surface area contributed by atoms with Crippen molar-refractivity contribution < 1.29 is 14.3 Å². The molecule has 5 nitrogen and oxygen atoms in total. The molecule has 0 atom stereocenters. The summed E-state index contributed by atoms with van der Waals surface area (Å²) in [5.41, 5.74) is 1.52. The van der Waals surface area contributed by atoms with Gasteiger partial charge in [-0.15, -0.1) is 0 Å². The van der Waals surface area contributed by atoms with E-state index in [2.05, 4.69) is 5.10 Å². The van der Waals surface area contributed by atoms with Gasteiger partial charge in [-0.3, -0.25) is 4.68 Å². The van der Waals surface area contributed by atoms with E-state index < -0.39 is 11.8 Å². The van der Waals surface area contributed by atoms with Gasteiger partial charge in [0, 0.05) is 17.3 Å². The fourth-order valence-electron chi connectivity index (χ4n) is 2.46. The Balaban J connectivity index is 1.98. The number of benzene rings is 2. The lowest BCUT2D eigenvalue weighted by Crippen LogP contribution is -2.07. The number of carboxylic acid groups (broad SMARTS) is 1. The van der Waals surface area contributed by atoms with Gasteiger partial charge in [0.15, 0.2) is 5.69 Å². The predicted octanol–water partition coefficient (Wildman–Crippen LogP) is 3.31. The second kappa shape index (κ2) is 6.34. The van der Waals surface area contributed by atoms with Crippen LogP contribution in [0.25, 0.3) is 11.1 Å². The average Bonchev–Trinajstić information content (AvgIpc) is 3.00. The molecular weight excluding hydrogens is 309 g/mol. The second-order valence-electron chi connectivity index (χ2n) is 5.15. The van der Waals surface area contributed by atoms with Gasteiger partial charge in [0.05, 0.1) is 12.1 Å². The van der Waals surface area contributed by atoms with Crippen molar-refractivity contribution in [3.8, 4) is 17.2 Å². The summed E-state index contributed by atoms with van der Waals surface area (Å²) in [5.74, 6) is -2.11. The number of carboxylic acids is 1. The summed E-state index contributed by atoms with van der Waals surface area (Å²) in [6.07, 6.45) is 1.65. The maximum atomic E-state index is 14.2. The molecule has 1 heterocycles. The minimum Gasteiger partial charge on any atom is -0.478 e. The molecule has 0 radical (unpaired) electrons. The van der Waals surface area contributed by atoms with Crippen LogP contribution < -0.4 is 0 Å². The SMILES string of the molecule is N#Cc1nn(Cc2cccc(C(=O)O)c2F)cc1-c1ccccc1. The van der Waals surface area contributed by atoms with Crippen molar-refractivity contribution in [2.24, 2.45) is 0 Å². The number of nitriles is 1. The van der Waals surface area contributed by atoms with Gasteiger partial charge < -0.3 is 5.11 Å². The molecule has 0 aliphatic rings. The first-order chi connectivity index (χ1) is 11.6. The zero-order chi connectivity index (χ0) is 17.1. The third-order valence-electron chi connectivity index (χ3n) is 3.59. The summed E-state index contributed by atoms with van der Waals surface area (Å²) in [6.45, 7) is 0.0362. The first-order valence-corrected chi connectivity index (χ1v) is 7.14. The normalized spacial score (nSPS) is 10.3. The summed E-state index contributed by atoms with van der Waals surface area (Å²) in [7, 11) is 0. The standard InChI is InChI=1S/C18H12FN3O2/c19-17-13(7-4-8-14(17)18(23)24)10-22-11-15(16(9-20)21-22)12-5-2-1-3-6-12/h1-8,11H,10H2,(H,23,24). The molecular formula is C18H12FN3O2. The summed E-state index contributed by atoms with van der Waals surface area (Å²) in [5, 5.41) is 22.4. The van der Waals surface area contributed by atoms with Crippen molar-refractivity contribution >= 4 is 5.97 Å². The lowest BCUT2D eigenvalue weighted by atomic mass is 10.1. The van der Waals surface area contributed by atoms with E-state index in [1.807, 2.05) is 36.4 Å². The first kappa shape index (κ1) is 15.4. The minimum absolute atomic E-state index is 0.0362. The maximum Gasteiger partial charge on any atom is 0.338 e. The first-order valence-electron chi connectivity index (χ1n) is 7.14. The molecule has 0 spiro atoms. The van der Waals surface area contributed by atoms with Crippen molar-refractivity contribution in [1.82, 2.24) is 9.78 Å². The molecule has 0 fully saturated rings. The van der Waals surface area contributed by atoms with Gasteiger partial charge in [0.25, 0.3) is 0 Å². The molecule has 6 heteroatoms. The Morgan fingerprint density at radius 2 is 1.96 bits per heavy atom. The van der Waals surface area contributed by atoms with Crippen molar-refractivity contribution in [2.45, 2.75) is 6.54 Å². The Morgan fingerprint density at radius 1 is 1.21 bits per heavy atom. The number of halogens is 1. The molecule has 3 aromatic rings. The van der Waals surface area contributed by atoms with E-state index in [1.54, 1.807) is 6.20 Å². The Kier molecular flexibility index (Phi) is 4.08. The molecule has 1 N–H and O–H groups in total. The van der Waals surface area contributed by atoms with Crippen LogP contribution in [0.15, 0.2) is 54.7 Å². The van der Waals surface area contributed by atoms with Gasteiger partial charge in [0.2, 0.25) is 0 Å². The molecule has 1 aromatic heterocycles. The Bertz CT molecular complexity index is 943. The highest BCUT2D eigenvalue weighted by Crippen LogP contribution is 2.23. The van der Waals surface area contributed by atoms with E-state index in [4.69, 9.17) is 5.11 Å². The van der Waals surface area contributed by atoms with Gasteiger partial charge in [-0.2, -0.15) is 10.4 Å². The molecule has 118 valence electrons. The van der Waals surface area contributed by atoms with E-state index >= 15 is 0 Å². The van der Waals surface area contributed by atoms with Crippen LogP contribution in [0.2, 0.25) is 0 Å². The van der Waals surface area contributed by atoms with Gasteiger partial charge in [-0.05, 0) is 11.6 Å². The highest BCUT2D eigenvalue weighted by molar-refractivity contribution is 5.88. The third-order valence-corrected chi connectivity index (χ3v) is 3.59. The van der Waals surface area contributed by atoms with E-state index in [1.165, 1.54) is 22.9 Å². The summed E-state index contributed by atoms with van der Waals surface area (Å²) >= 11 is 0. The summed E-state index contributed by atoms with van der Waals surface area (Å²) < 4.78 is 15.7. The molecule has 0 bridgehead atoms. The number of carbonyl (C=O) groups is 1. The van der Waals surface area contributed by atoms with Crippen molar-refractivity contribution in [1.29, 1.82) is 5.26 Å². The smallest absolute Gasteiger partial charge is 0.338 e.